The van der Waals surface area contributed by atoms with Gasteiger partial charge in [-0.1, -0.05) is 156 Å². The first-order valence-corrected chi connectivity index (χ1v) is 17.1. The fraction of sp³-hybridized carbons (Fsp3) is 1.00. The molecule has 0 fully saturated rings. The summed E-state index contributed by atoms with van der Waals surface area (Å²) in [5.41, 5.74) is 0. The van der Waals surface area contributed by atoms with Gasteiger partial charge in [-0.25, -0.2) is 0 Å². The van der Waals surface area contributed by atoms with Crippen LogP contribution in [-0.2, 0) is 0 Å². The number of unbranched alkanes of at least 4 members (excludes halogenated alkanes) is 22. The van der Waals surface area contributed by atoms with Gasteiger partial charge in [0.1, 0.15) is 0 Å². The minimum atomic E-state index is 0. The van der Waals surface area contributed by atoms with Crippen LogP contribution in [0.5, 0.6) is 0 Å². The van der Waals surface area contributed by atoms with Gasteiger partial charge in [-0.2, -0.15) is 0 Å². The zero-order chi connectivity index (χ0) is 25.7. The van der Waals surface area contributed by atoms with Crippen LogP contribution in [0.15, 0.2) is 0 Å². The Bertz CT molecular complexity index is 347. The highest BCUT2D eigenvalue weighted by Crippen LogP contribution is 2.19. The van der Waals surface area contributed by atoms with E-state index in [1.165, 1.54) is 198 Å². The number of hydrogen-bond acceptors (Lipinski definition) is 0. The average molecular weight is 622 g/mol. The summed E-state index contributed by atoms with van der Waals surface area (Å²) >= 11 is 0. The quantitative estimate of drug-likeness (QED) is 0.0427. The normalized spacial score (nSPS) is 11.7. The highest BCUT2D eigenvalue weighted by Gasteiger charge is 2.24. The maximum Gasteiger partial charge on any atom is 0.0786 e. The predicted octanol–water partition coefficient (Wildman–Crippen LogP) is 9.03. The van der Waals surface area contributed by atoms with Crippen molar-refractivity contribution in [3.63, 3.8) is 0 Å². The summed E-state index contributed by atoms with van der Waals surface area (Å²) in [6, 6.07) is 0. The van der Waals surface area contributed by atoms with Gasteiger partial charge in [0.15, 0.2) is 0 Å². The molecule has 0 bridgehead atoms. The molecule has 0 aromatic rings. The Morgan fingerprint density at radius 3 is 0.694 bits per heavy atom. The van der Waals surface area contributed by atoms with Crippen molar-refractivity contribution in [2.75, 3.05) is 26.2 Å². The molecule has 0 atom stereocenters. The Kier molecular flexibility index (Phi) is 34.4. The molecule has 0 amide bonds. The molecule has 0 rings (SSSR count). The van der Waals surface area contributed by atoms with Crippen LogP contribution < -0.4 is 24.0 Å². The van der Waals surface area contributed by atoms with Gasteiger partial charge in [0.2, 0.25) is 0 Å². The van der Waals surface area contributed by atoms with Gasteiger partial charge in [0, 0.05) is 0 Å². The summed E-state index contributed by atoms with van der Waals surface area (Å²) in [5.74, 6) is 0. The molecule has 0 aliphatic heterocycles. The van der Waals surface area contributed by atoms with E-state index >= 15 is 0 Å². The fourth-order valence-corrected chi connectivity index (χ4v) is 6.20. The van der Waals surface area contributed by atoms with Crippen molar-refractivity contribution < 1.29 is 28.5 Å². The van der Waals surface area contributed by atoms with Gasteiger partial charge in [0.25, 0.3) is 0 Å². The van der Waals surface area contributed by atoms with Crippen LogP contribution in [0, 0.1) is 0 Å². The summed E-state index contributed by atoms with van der Waals surface area (Å²) in [7, 11) is 0. The molecule has 0 spiro atoms. The lowest BCUT2D eigenvalue weighted by Crippen LogP contribution is -3.00. The van der Waals surface area contributed by atoms with E-state index in [0.717, 1.165) is 0 Å². The number of hydrogen-bond donors (Lipinski definition) is 0. The second-order valence-corrected chi connectivity index (χ2v) is 12.0. The first-order valence-electron chi connectivity index (χ1n) is 17.1. The van der Waals surface area contributed by atoms with Gasteiger partial charge in [-0.3, -0.25) is 0 Å². The zero-order valence-corrected chi connectivity index (χ0v) is 28.2. The highest BCUT2D eigenvalue weighted by molar-refractivity contribution is 4.53. The third kappa shape index (κ3) is 26.3. The summed E-state index contributed by atoms with van der Waals surface area (Å²) in [4.78, 5) is 0. The van der Waals surface area contributed by atoms with E-state index in [1.54, 1.807) is 0 Å². The summed E-state index contributed by atoms with van der Waals surface area (Å²) in [5, 5.41) is 0. The zero-order valence-electron chi connectivity index (χ0n) is 26.0. The van der Waals surface area contributed by atoms with Crippen LogP contribution in [0.2, 0.25) is 0 Å². The van der Waals surface area contributed by atoms with Crippen LogP contribution in [-0.4, -0.2) is 30.7 Å². The van der Waals surface area contributed by atoms with Crippen molar-refractivity contribution in [2.24, 2.45) is 0 Å². The molecule has 220 valence electrons. The summed E-state index contributed by atoms with van der Waals surface area (Å²) in [6.45, 7) is 15.2. The van der Waals surface area contributed by atoms with Crippen molar-refractivity contribution in [2.45, 2.75) is 195 Å². The lowest BCUT2D eigenvalue weighted by atomic mass is 10.0. The Balaban J connectivity index is 0. The predicted molar refractivity (Wildman–Crippen MR) is 162 cm³/mol. The van der Waals surface area contributed by atoms with E-state index in [1.807, 2.05) is 0 Å². The van der Waals surface area contributed by atoms with Crippen molar-refractivity contribution >= 4 is 0 Å². The smallest absolute Gasteiger partial charge is 0.0786 e. The summed E-state index contributed by atoms with van der Waals surface area (Å²) < 4.78 is 1.43. The largest absolute Gasteiger partial charge is 1.00 e. The molecule has 0 heterocycles. The molecule has 0 saturated carbocycles. The lowest BCUT2D eigenvalue weighted by molar-refractivity contribution is -0.928. The second kappa shape index (κ2) is 31.9. The topological polar surface area (TPSA) is 0 Å². The number of halogens is 1. The summed E-state index contributed by atoms with van der Waals surface area (Å²) in [6.07, 6.45) is 37.9. The second-order valence-electron chi connectivity index (χ2n) is 12.0. The molecule has 0 radical (unpaired) electrons. The Morgan fingerprint density at radius 2 is 0.472 bits per heavy atom. The van der Waals surface area contributed by atoms with E-state index in [4.69, 9.17) is 0 Å². The monoisotopic (exact) mass is 621 g/mol. The molecule has 36 heavy (non-hydrogen) atoms. The third-order valence-corrected chi connectivity index (χ3v) is 8.37. The molecular weight excluding hydrogens is 549 g/mol. The number of rotatable bonds is 30. The minimum absolute atomic E-state index is 0. The molecular formula is C34H72IN. The van der Waals surface area contributed by atoms with Gasteiger partial charge < -0.3 is 28.5 Å². The van der Waals surface area contributed by atoms with Crippen LogP contribution in [0.3, 0.4) is 0 Å². The van der Waals surface area contributed by atoms with Crippen molar-refractivity contribution in [1.82, 2.24) is 0 Å². The molecule has 1 nitrogen and oxygen atoms in total. The van der Waals surface area contributed by atoms with E-state index < -0.39 is 0 Å². The van der Waals surface area contributed by atoms with Crippen molar-refractivity contribution in [1.29, 1.82) is 0 Å². The maximum atomic E-state index is 2.41. The lowest BCUT2D eigenvalue weighted by Gasteiger charge is -2.39. The van der Waals surface area contributed by atoms with Crippen LogP contribution in [0.1, 0.15) is 195 Å². The van der Waals surface area contributed by atoms with Crippen LogP contribution >= 0.6 is 0 Å². The molecule has 0 aliphatic rings. The van der Waals surface area contributed by atoms with Crippen LogP contribution in [0.25, 0.3) is 0 Å². The minimum Gasteiger partial charge on any atom is -1.00 e. The maximum absolute atomic E-state index is 2.41. The Hall–Kier alpha value is 0.690. The van der Waals surface area contributed by atoms with Crippen LogP contribution in [0.4, 0.5) is 0 Å². The molecule has 0 aliphatic carbocycles. The van der Waals surface area contributed by atoms with Gasteiger partial charge >= 0.3 is 0 Å². The first kappa shape index (κ1) is 38.8. The van der Waals surface area contributed by atoms with E-state index in [-0.39, 0.29) is 24.0 Å². The molecule has 0 aromatic carbocycles. The molecule has 0 aromatic heterocycles. The average Bonchev–Trinajstić information content (AvgIpc) is 2.85. The van der Waals surface area contributed by atoms with E-state index in [0.29, 0.717) is 0 Å². The highest BCUT2D eigenvalue weighted by atomic mass is 127. The van der Waals surface area contributed by atoms with Gasteiger partial charge in [0.05, 0.1) is 26.2 Å². The third-order valence-electron chi connectivity index (χ3n) is 8.37. The molecule has 2 heteroatoms. The SMILES string of the molecule is CCCCCCCCCCCCCC[N+](CCC)(CCC)CCCCCCCCCCCCCC.[I-]. The number of nitrogens with zero attached hydrogens (tertiary/aromatic N) is 1. The molecule has 0 N–H and O–H groups in total. The van der Waals surface area contributed by atoms with E-state index in [2.05, 4.69) is 27.7 Å². The molecule has 0 saturated heterocycles. The van der Waals surface area contributed by atoms with Crippen molar-refractivity contribution in [3.05, 3.63) is 0 Å². The van der Waals surface area contributed by atoms with Crippen molar-refractivity contribution in [3.8, 4) is 0 Å². The van der Waals surface area contributed by atoms with Gasteiger partial charge in [-0.05, 0) is 38.5 Å². The van der Waals surface area contributed by atoms with E-state index in [9.17, 15) is 0 Å². The Labute approximate surface area is 248 Å². The number of quaternary nitrogens is 1. The standard InChI is InChI=1S/C34H72N.HI/c1-5-9-11-13-15-17-19-21-23-25-27-29-33-35(31-7-3,32-8-4)34-30-28-26-24-22-20-18-16-14-12-10-6-2;/h5-34H2,1-4H3;1H/q+1;/p-1. The first-order chi connectivity index (χ1) is 17.2. The fourth-order valence-electron chi connectivity index (χ4n) is 6.20. The molecule has 0 unspecified atom stereocenters. The Morgan fingerprint density at radius 1 is 0.250 bits per heavy atom. The van der Waals surface area contributed by atoms with Gasteiger partial charge in [-0.15, -0.1) is 0 Å².